The van der Waals surface area contributed by atoms with Crippen molar-refractivity contribution >= 4 is 57.9 Å². The number of hydrogen-bond donors (Lipinski definition) is 4. The highest BCUT2D eigenvalue weighted by Gasteiger charge is 2.29. The second kappa shape index (κ2) is 9.74. The lowest BCUT2D eigenvalue weighted by atomic mass is 10.2. The van der Waals surface area contributed by atoms with Crippen molar-refractivity contribution in [1.82, 2.24) is 9.97 Å². The molecule has 1 fully saturated rings. The van der Waals surface area contributed by atoms with E-state index in [9.17, 15) is 9.59 Å². The molecule has 2 amide bonds. The first-order valence-electron chi connectivity index (χ1n) is 10.3. The Morgan fingerprint density at radius 2 is 1.79 bits per heavy atom. The number of nitrogens with one attached hydrogen (secondary N) is 4. The summed E-state index contributed by atoms with van der Waals surface area (Å²) in [7, 11) is 1.54. The van der Waals surface area contributed by atoms with Crippen LogP contribution in [0.2, 0.25) is 5.02 Å². The van der Waals surface area contributed by atoms with Crippen molar-refractivity contribution in [2.75, 3.05) is 28.4 Å². The number of aromatic nitrogens is 2. The molecule has 1 aromatic heterocycles. The third kappa shape index (κ3) is 5.69. The molecule has 4 N–H and O–H groups in total. The first kappa shape index (κ1) is 22.3. The average Bonchev–Trinajstić information content (AvgIpc) is 3.63. The van der Waals surface area contributed by atoms with E-state index in [2.05, 4.69) is 31.2 Å². The highest BCUT2D eigenvalue weighted by molar-refractivity contribution is 6.33. The number of benzene rings is 2. The van der Waals surface area contributed by atoms with Crippen LogP contribution in [-0.2, 0) is 9.59 Å². The Bertz CT molecular complexity index is 1200. The van der Waals surface area contributed by atoms with Crippen molar-refractivity contribution in [2.24, 2.45) is 5.92 Å². The summed E-state index contributed by atoms with van der Waals surface area (Å²) in [6.45, 7) is 1.44. The van der Waals surface area contributed by atoms with Gasteiger partial charge in [-0.15, -0.1) is 0 Å². The van der Waals surface area contributed by atoms with E-state index in [1.165, 1.54) is 13.1 Å². The molecule has 1 saturated carbocycles. The number of ether oxygens (including phenoxy) is 1. The molecule has 0 aliphatic heterocycles. The SMILES string of the molecule is COc1cc(NC(=O)C2CC2)ccc1Nc1ncc(Cl)c(Nc2ccccc2NC(C)=O)n1. The van der Waals surface area contributed by atoms with Crippen LogP contribution in [0.15, 0.2) is 48.7 Å². The Hall–Kier alpha value is -3.85. The number of methoxy groups -OCH3 is 1. The molecule has 0 atom stereocenters. The molecule has 0 bridgehead atoms. The molecule has 0 radical (unpaired) electrons. The molecule has 3 aromatic rings. The number of hydrogen-bond acceptors (Lipinski definition) is 7. The van der Waals surface area contributed by atoms with Gasteiger partial charge in [0.05, 0.1) is 30.4 Å². The molecule has 9 nitrogen and oxygen atoms in total. The fourth-order valence-electron chi connectivity index (χ4n) is 3.12. The lowest BCUT2D eigenvalue weighted by molar-refractivity contribution is -0.117. The summed E-state index contributed by atoms with van der Waals surface area (Å²) < 4.78 is 5.47. The van der Waals surface area contributed by atoms with Crippen LogP contribution in [0.4, 0.5) is 34.5 Å². The maximum atomic E-state index is 12.0. The van der Waals surface area contributed by atoms with Gasteiger partial charge >= 0.3 is 0 Å². The summed E-state index contributed by atoms with van der Waals surface area (Å²) in [4.78, 5) is 32.2. The van der Waals surface area contributed by atoms with Gasteiger partial charge in [-0.3, -0.25) is 9.59 Å². The lowest BCUT2D eigenvalue weighted by Gasteiger charge is -2.15. The molecular weight excluding hydrogens is 444 g/mol. The summed E-state index contributed by atoms with van der Waals surface area (Å²) >= 11 is 6.30. The second-order valence-electron chi connectivity index (χ2n) is 7.55. The van der Waals surface area contributed by atoms with Gasteiger partial charge in [0.1, 0.15) is 10.8 Å². The molecule has 33 heavy (non-hydrogen) atoms. The van der Waals surface area contributed by atoms with Crippen molar-refractivity contribution in [2.45, 2.75) is 19.8 Å². The van der Waals surface area contributed by atoms with E-state index in [0.717, 1.165) is 12.8 Å². The molecule has 1 aliphatic carbocycles. The average molecular weight is 467 g/mol. The predicted molar refractivity (Wildman–Crippen MR) is 129 cm³/mol. The van der Waals surface area contributed by atoms with E-state index in [1.54, 1.807) is 37.4 Å². The number of amides is 2. The molecule has 10 heteroatoms. The van der Waals surface area contributed by atoms with E-state index in [0.29, 0.717) is 39.3 Å². The molecule has 4 rings (SSSR count). The van der Waals surface area contributed by atoms with Crippen molar-refractivity contribution in [3.05, 3.63) is 53.7 Å². The van der Waals surface area contributed by atoms with Crippen LogP contribution >= 0.6 is 11.6 Å². The zero-order valence-corrected chi connectivity index (χ0v) is 18.9. The smallest absolute Gasteiger partial charge is 0.229 e. The minimum Gasteiger partial charge on any atom is -0.494 e. The second-order valence-corrected chi connectivity index (χ2v) is 7.95. The zero-order chi connectivity index (χ0) is 23.4. The Morgan fingerprint density at radius 3 is 2.48 bits per heavy atom. The van der Waals surface area contributed by atoms with Gasteiger partial charge in [0.2, 0.25) is 17.8 Å². The molecule has 170 valence electrons. The Labute approximate surface area is 195 Å². The first-order chi connectivity index (χ1) is 15.9. The molecule has 1 aliphatic rings. The van der Waals surface area contributed by atoms with Crippen LogP contribution in [0, 0.1) is 5.92 Å². The highest BCUT2D eigenvalue weighted by atomic mass is 35.5. The van der Waals surface area contributed by atoms with Crippen LogP contribution in [-0.4, -0.2) is 28.9 Å². The van der Waals surface area contributed by atoms with Crippen LogP contribution in [0.25, 0.3) is 0 Å². The van der Waals surface area contributed by atoms with E-state index < -0.39 is 0 Å². The van der Waals surface area contributed by atoms with Crippen molar-refractivity contribution in [3.63, 3.8) is 0 Å². The molecule has 1 heterocycles. The van der Waals surface area contributed by atoms with Gasteiger partial charge in [0, 0.05) is 24.6 Å². The van der Waals surface area contributed by atoms with Gasteiger partial charge in [0.25, 0.3) is 0 Å². The standard InChI is InChI=1S/C23H23ClN6O3/c1-13(31)26-17-5-3-4-6-18(17)28-21-16(24)12-25-23(30-21)29-19-10-9-15(11-20(19)33-2)27-22(32)14-7-8-14/h3-6,9-12,14H,7-8H2,1-2H3,(H,26,31)(H,27,32)(H2,25,28,29,30). The monoisotopic (exact) mass is 466 g/mol. The summed E-state index contributed by atoms with van der Waals surface area (Å²) in [6, 6.07) is 12.5. The van der Waals surface area contributed by atoms with Gasteiger partial charge in [-0.25, -0.2) is 4.98 Å². The maximum absolute atomic E-state index is 12.0. The number of anilines is 6. The molecule has 0 unspecified atom stereocenters. The number of rotatable bonds is 8. The topological polar surface area (TPSA) is 117 Å². The summed E-state index contributed by atoms with van der Waals surface area (Å²) in [5.41, 5.74) is 2.50. The Kier molecular flexibility index (Phi) is 6.60. The van der Waals surface area contributed by atoms with Crippen LogP contribution in [0.1, 0.15) is 19.8 Å². The molecule has 0 spiro atoms. The summed E-state index contributed by atoms with van der Waals surface area (Å²) in [5, 5.41) is 12.2. The van der Waals surface area contributed by atoms with E-state index >= 15 is 0 Å². The third-order valence-corrected chi connectivity index (χ3v) is 5.18. The largest absolute Gasteiger partial charge is 0.494 e. The van der Waals surface area contributed by atoms with E-state index in [-0.39, 0.29) is 23.7 Å². The Morgan fingerprint density at radius 1 is 1.03 bits per heavy atom. The Balaban J connectivity index is 1.53. The van der Waals surface area contributed by atoms with Gasteiger partial charge in [-0.05, 0) is 37.1 Å². The van der Waals surface area contributed by atoms with Gasteiger partial charge in [-0.2, -0.15) is 4.98 Å². The van der Waals surface area contributed by atoms with Crippen molar-refractivity contribution < 1.29 is 14.3 Å². The minimum atomic E-state index is -0.191. The van der Waals surface area contributed by atoms with Crippen LogP contribution in [0.3, 0.4) is 0 Å². The number of carbonyl (C=O) groups is 2. The number of para-hydroxylation sites is 2. The fraction of sp³-hybridized carbons (Fsp3) is 0.217. The first-order valence-corrected chi connectivity index (χ1v) is 10.7. The van der Waals surface area contributed by atoms with Gasteiger partial charge in [0.15, 0.2) is 5.82 Å². The number of nitrogens with zero attached hydrogens (tertiary/aromatic N) is 2. The lowest BCUT2D eigenvalue weighted by Crippen LogP contribution is -2.13. The third-order valence-electron chi connectivity index (χ3n) is 4.90. The van der Waals surface area contributed by atoms with Crippen LogP contribution < -0.4 is 26.0 Å². The van der Waals surface area contributed by atoms with E-state index in [4.69, 9.17) is 16.3 Å². The predicted octanol–water partition coefficient (Wildman–Crippen LogP) is 4.93. The highest BCUT2D eigenvalue weighted by Crippen LogP contribution is 2.34. The summed E-state index contributed by atoms with van der Waals surface area (Å²) in [6.07, 6.45) is 3.33. The van der Waals surface area contributed by atoms with Crippen LogP contribution in [0.5, 0.6) is 5.75 Å². The number of carbonyl (C=O) groups excluding carboxylic acids is 2. The van der Waals surface area contributed by atoms with Crippen molar-refractivity contribution in [1.29, 1.82) is 0 Å². The summed E-state index contributed by atoms with van der Waals surface area (Å²) in [5.74, 6) is 1.11. The minimum absolute atomic E-state index is 0.0223. The van der Waals surface area contributed by atoms with Crippen molar-refractivity contribution in [3.8, 4) is 5.75 Å². The normalized spacial score (nSPS) is 12.6. The molecule has 2 aromatic carbocycles. The zero-order valence-electron chi connectivity index (χ0n) is 18.1. The van der Waals surface area contributed by atoms with Gasteiger partial charge in [-0.1, -0.05) is 23.7 Å². The fourth-order valence-corrected chi connectivity index (χ4v) is 3.25. The van der Waals surface area contributed by atoms with E-state index in [1.807, 2.05) is 12.1 Å². The maximum Gasteiger partial charge on any atom is 0.229 e. The van der Waals surface area contributed by atoms with Gasteiger partial charge < -0.3 is 26.0 Å². The molecule has 0 saturated heterocycles. The quantitative estimate of drug-likeness (QED) is 0.371. The molecular formula is C23H23ClN6O3. The number of halogens is 1.